The van der Waals surface area contributed by atoms with Crippen molar-refractivity contribution in [3.63, 3.8) is 0 Å². The van der Waals surface area contributed by atoms with Crippen molar-refractivity contribution in [1.82, 2.24) is 4.90 Å². The number of likely N-dealkylation sites (N-methyl/N-ethyl adjacent to an activating group) is 1. The zero-order valence-corrected chi connectivity index (χ0v) is 18.8. The zero-order chi connectivity index (χ0) is 23.3. The second-order valence-electron chi connectivity index (χ2n) is 8.29. The maximum atomic E-state index is 14.0. The van der Waals surface area contributed by atoms with Crippen LogP contribution in [0.25, 0.3) is 0 Å². The van der Waals surface area contributed by atoms with Crippen molar-refractivity contribution in [2.75, 3.05) is 26.0 Å². The van der Waals surface area contributed by atoms with Gasteiger partial charge in [0.1, 0.15) is 11.3 Å². The Kier molecular flexibility index (Phi) is 5.02. The van der Waals surface area contributed by atoms with E-state index >= 15 is 0 Å². The number of rotatable bonds is 5. The number of nitro benzene ring substituents is 1. The molecular formula is C24H21N3O5S. The van der Waals surface area contributed by atoms with E-state index in [9.17, 15) is 19.7 Å². The lowest BCUT2D eigenvalue weighted by molar-refractivity contribution is -0.384. The van der Waals surface area contributed by atoms with Crippen molar-refractivity contribution in [2.24, 2.45) is 5.92 Å². The van der Waals surface area contributed by atoms with Crippen LogP contribution in [0.5, 0.6) is 5.75 Å². The first-order valence-electron chi connectivity index (χ1n) is 10.4. The molecule has 3 heterocycles. The maximum absolute atomic E-state index is 14.0. The lowest BCUT2D eigenvalue weighted by Crippen LogP contribution is -2.51. The van der Waals surface area contributed by atoms with Crippen molar-refractivity contribution in [2.45, 2.75) is 11.5 Å². The molecule has 1 saturated heterocycles. The SMILES string of the molecule is COc1ccc2c(c1)[C@]1(C(=O)N2)[C@H](C(=O)c2cccs2)[C@H](c2cccc([N+](=O)[O-])c2)CN1C. The topological polar surface area (TPSA) is 102 Å². The van der Waals surface area contributed by atoms with Crippen molar-refractivity contribution < 1.29 is 19.2 Å². The van der Waals surface area contributed by atoms with E-state index in [1.165, 1.54) is 23.5 Å². The van der Waals surface area contributed by atoms with Gasteiger partial charge in [0.05, 0.1) is 22.8 Å². The van der Waals surface area contributed by atoms with Gasteiger partial charge in [-0.1, -0.05) is 18.2 Å². The summed E-state index contributed by atoms with van der Waals surface area (Å²) >= 11 is 1.32. The molecule has 33 heavy (non-hydrogen) atoms. The van der Waals surface area contributed by atoms with E-state index in [1.54, 1.807) is 49.6 Å². The van der Waals surface area contributed by atoms with Gasteiger partial charge in [0.25, 0.3) is 5.69 Å². The molecular weight excluding hydrogens is 442 g/mol. The molecule has 1 aromatic heterocycles. The zero-order valence-electron chi connectivity index (χ0n) is 18.0. The second-order valence-corrected chi connectivity index (χ2v) is 9.24. The van der Waals surface area contributed by atoms with Crippen LogP contribution in [0.3, 0.4) is 0 Å². The summed E-state index contributed by atoms with van der Waals surface area (Å²) in [5.41, 5.74) is 0.664. The van der Waals surface area contributed by atoms with Crippen LogP contribution in [0.1, 0.15) is 26.7 Å². The number of Topliss-reactive ketones (excluding diaryl/α,β-unsaturated/α-hetero) is 1. The summed E-state index contributed by atoms with van der Waals surface area (Å²) in [4.78, 5) is 41.0. The summed E-state index contributed by atoms with van der Waals surface area (Å²) in [6, 6.07) is 15.2. The number of benzene rings is 2. The van der Waals surface area contributed by atoms with E-state index in [1.807, 2.05) is 17.3 Å². The number of nitrogens with one attached hydrogen (secondary N) is 1. The molecule has 0 unspecified atom stereocenters. The highest BCUT2D eigenvalue weighted by Crippen LogP contribution is 2.56. The molecule has 1 spiro atoms. The van der Waals surface area contributed by atoms with Gasteiger partial charge in [-0.25, -0.2) is 0 Å². The number of anilines is 1. The Morgan fingerprint density at radius 1 is 1.24 bits per heavy atom. The normalized spacial score (nSPS) is 24.0. The number of fused-ring (bicyclic) bond motifs is 2. The molecule has 1 amide bonds. The molecule has 3 atom stereocenters. The number of thiophene rings is 1. The third kappa shape index (κ3) is 3.07. The van der Waals surface area contributed by atoms with Crippen LogP contribution in [0, 0.1) is 16.0 Å². The Balaban J connectivity index is 1.74. The lowest BCUT2D eigenvalue weighted by Gasteiger charge is -2.35. The molecule has 2 aromatic carbocycles. The van der Waals surface area contributed by atoms with E-state index in [0.29, 0.717) is 34.0 Å². The third-order valence-corrected chi connectivity index (χ3v) is 7.60. The van der Waals surface area contributed by atoms with Gasteiger partial charge in [-0.3, -0.25) is 24.6 Å². The Bertz CT molecular complexity index is 1270. The summed E-state index contributed by atoms with van der Waals surface area (Å²) in [6.07, 6.45) is 0. The van der Waals surface area contributed by atoms with Gasteiger partial charge in [-0.05, 0) is 42.3 Å². The predicted octanol–water partition coefficient (Wildman–Crippen LogP) is 4.04. The van der Waals surface area contributed by atoms with E-state index in [-0.39, 0.29) is 17.4 Å². The monoisotopic (exact) mass is 463 g/mol. The summed E-state index contributed by atoms with van der Waals surface area (Å²) in [6.45, 7) is 0.382. The third-order valence-electron chi connectivity index (χ3n) is 6.71. The first kappa shape index (κ1) is 21.3. The molecule has 9 heteroatoms. The Morgan fingerprint density at radius 3 is 2.76 bits per heavy atom. The number of carbonyl (C=O) groups excluding carboxylic acids is 2. The van der Waals surface area contributed by atoms with Crippen molar-refractivity contribution in [1.29, 1.82) is 0 Å². The average molecular weight is 464 g/mol. The highest BCUT2D eigenvalue weighted by molar-refractivity contribution is 7.12. The van der Waals surface area contributed by atoms with Gasteiger partial charge in [0.2, 0.25) is 5.91 Å². The molecule has 5 rings (SSSR count). The van der Waals surface area contributed by atoms with Gasteiger partial charge >= 0.3 is 0 Å². The predicted molar refractivity (Wildman–Crippen MR) is 124 cm³/mol. The number of nitrogens with zero attached hydrogens (tertiary/aromatic N) is 2. The molecule has 1 N–H and O–H groups in total. The summed E-state index contributed by atoms with van der Waals surface area (Å²) < 4.78 is 5.42. The van der Waals surface area contributed by atoms with Crippen LogP contribution in [0.4, 0.5) is 11.4 Å². The van der Waals surface area contributed by atoms with Crippen LogP contribution in [0.2, 0.25) is 0 Å². The number of carbonyl (C=O) groups is 2. The number of hydrogen-bond donors (Lipinski definition) is 1. The van der Waals surface area contributed by atoms with Gasteiger partial charge in [-0.2, -0.15) is 0 Å². The first-order valence-corrected chi connectivity index (χ1v) is 11.3. The molecule has 2 aliphatic heterocycles. The van der Waals surface area contributed by atoms with Gasteiger partial charge in [0.15, 0.2) is 5.78 Å². The lowest BCUT2D eigenvalue weighted by atomic mass is 9.71. The molecule has 8 nitrogen and oxygen atoms in total. The van der Waals surface area contributed by atoms with Crippen molar-refractivity contribution in [3.05, 3.63) is 86.1 Å². The Hall–Kier alpha value is -3.56. The van der Waals surface area contributed by atoms with E-state index in [0.717, 1.165) is 0 Å². The highest BCUT2D eigenvalue weighted by atomic mass is 32.1. The smallest absolute Gasteiger partial charge is 0.269 e. The maximum Gasteiger partial charge on any atom is 0.269 e. The molecule has 0 saturated carbocycles. The fourth-order valence-electron chi connectivity index (χ4n) is 5.29. The number of ether oxygens (including phenoxy) is 1. The van der Waals surface area contributed by atoms with Gasteiger partial charge < -0.3 is 10.1 Å². The van der Waals surface area contributed by atoms with Crippen LogP contribution < -0.4 is 10.1 Å². The summed E-state index contributed by atoms with van der Waals surface area (Å²) in [5.74, 6) is -1.06. The number of non-ortho nitro benzene ring substituents is 1. The Labute approximate surface area is 193 Å². The van der Waals surface area contributed by atoms with Crippen molar-refractivity contribution >= 4 is 34.4 Å². The molecule has 0 bridgehead atoms. The fraction of sp³-hybridized carbons (Fsp3) is 0.250. The van der Waals surface area contributed by atoms with E-state index < -0.39 is 22.3 Å². The number of hydrogen-bond acceptors (Lipinski definition) is 7. The van der Waals surface area contributed by atoms with E-state index in [4.69, 9.17) is 4.74 Å². The standard InChI is InChI=1S/C24H21N3O5S/c1-26-13-17(14-5-3-6-15(11-14)27(30)31)21(22(28)20-7-4-10-33-20)24(26)18-12-16(32-2)8-9-19(18)25-23(24)29/h3-12,17,21H,13H2,1-2H3,(H,25,29)/t17-,21-,24+/m0/s1. The Morgan fingerprint density at radius 2 is 2.06 bits per heavy atom. The number of likely N-dealkylation sites (tertiary alicyclic amines) is 1. The molecule has 0 aliphatic carbocycles. The minimum atomic E-state index is -1.26. The van der Waals surface area contributed by atoms with Crippen LogP contribution >= 0.6 is 11.3 Å². The highest BCUT2D eigenvalue weighted by Gasteiger charge is 2.64. The number of methoxy groups -OCH3 is 1. The van der Waals surface area contributed by atoms with Crippen LogP contribution in [0.15, 0.2) is 60.0 Å². The minimum absolute atomic E-state index is 0.0450. The average Bonchev–Trinajstić information content (AvgIpc) is 3.52. The summed E-state index contributed by atoms with van der Waals surface area (Å²) in [5, 5.41) is 16.2. The number of ketones is 1. The number of amides is 1. The molecule has 168 valence electrons. The second kappa shape index (κ2) is 7.79. The largest absolute Gasteiger partial charge is 0.497 e. The van der Waals surface area contributed by atoms with E-state index in [2.05, 4.69) is 5.32 Å². The quantitative estimate of drug-likeness (QED) is 0.348. The molecule has 2 aliphatic rings. The van der Waals surface area contributed by atoms with Gasteiger partial charge in [-0.15, -0.1) is 11.3 Å². The molecule has 1 fully saturated rings. The van der Waals surface area contributed by atoms with Crippen LogP contribution in [-0.2, 0) is 10.3 Å². The van der Waals surface area contributed by atoms with Crippen LogP contribution in [-0.4, -0.2) is 42.2 Å². The molecule has 3 aromatic rings. The summed E-state index contributed by atoms with van der Waals surface area (Å²) in [7, 11) is 3.37. The number of nitro groups is 1. The van der Waals surface area contributed by atoms with Crippen molar-refractivity contribution in [3.8, 4) is 5.75 Å². The first-order chi connectivity index (χ1) is 15.9. The molecule has 0 radical (unpaired) electrons. The van der Waals surface area contributed by atoms with Gasteiger partial charge in [0, 0.05) is 35.8 Å². The minimum Gasteiger partial charge on any atom is -0.497 e. The fourth-order valence-corrected chi connectivity index (χ4v) is 5.99.